The summed E-state index contributed by atoms with van der Waals surface area (Å²) < 4.78 is 20.6. The summed E-state index contributed by atoms with van der Waals surface area (Å²) in [5.74, 6) is -1.54. The Hall–Kier alpha value is -2.93. The Labute approximate surface area is 225 Å². The molecule has 2 aliphatic rings. The molecule has 38 heavy (non-hydrogen) atoms. The van der Waals surface area contributed by atoms with Crippen LogP contribution in [0.5, 0.6) is 5.75 Å². The second-order valence-corrected chi connectivity index (χ2v) is 10.6. The Morgan fingerprint density at radius 3 is 2.39 bits per heavy atom. The van der Waals surface area contributed by atoms with Crippen LogP contribution in [0, 0.1) is 11.7 Å². The highest BCUT2D eigenvalue weighted by Crippen LogP contribution is 2.47. The first-order valence-corrected chi connectivity index (χ1v) is 14.2. The summed E-state index contributed by atoms with van der Waals surface area (Å²) in [6.07, 6.45) is 5.21. The molecule has 0 saturated carbocycles. The normalized spacial score (nSPS) is 20.8. The van der Waals surface area contributed by atoms with Crippen LogP contribution in [0.15, 0.2) is 36.4 Å². The maximum absolute atomic E-state index is 14.9. The minimum Gasteiger partial charge on any atom is -0.493 e. The lowest BCUT2D eigenvalue weighted by molar-refractivity contribution is -0.144. The lowest BCUT2D eigenvalue weighted by Crippen LogP contribution is -2.42. The van der Waals surface area contributed by atoms with Gasteiger partial charge in [0, 0.05) is 38.0 Å². The van der Waals surface area contributed by atoms with Crippen LogP contribution in [0.1, 0.15) is 80.7 Å². The van der Waals surface area contributed by atoms with Crippen molar-refractivity contribution in [2.75, 3.05) is 32.8 Å². The van der Waals surface area contributed by atoms with E-state index in [1.54, 1.807) is 6.07 Å². The highest BCUT2D eigenvalue weighted by molar-refractivity contribution is 5.79. The summed E-state index contributed by atoms with van der Waals surface area (Å²) in [5.41, 5.74) is 3.23. The number of aryl methyl sites for hydroxylation is 1. The Morgan fingerprint density at radius 1 is 1.05 bits per heavy atom. The Morgan fingerprint density at radius 2 is 1.76 bits per heavy atom. The fourth-order valence-electron chi connectivity index (χ4n) is 5.93. The van der Waals surface area contributed by atoms with E-state index in [4.69, 9.17) is 4.74 Å². The smallest absolute Gasteiger partial charge is 0.309 e. The van der Waals surface area contributed by atoms with E-state index in [1.807, 2.05) is 34.9 Å². The number of benzene rings is 2. The summed E-state index contributed by atoms with van der Waals surface area (Å²) in [4.78, 5) is 30.3. The quantitative estimate of drug-likeness (QED) is 0.392. The molecule has 2 heterocycles. The van der Waals surface area contributed by atoms with Crippen LogP contribution in [0.3, 0.4) is 0 Å². The number of likely N-dealkylation sites (tertiary alicyclic amines) is 1. The van der Waals surface area contributed by atoms with Gasteiger partial charge >= 0.3 is 5.97 Å². The number of fused-ring (bicyclic) bond motifs is 1. The van der Waals surface area contributed by atoms with Crippen molar-refractivity contribution in [3.63, 3.8) is 0 Å². The highest BCUT2D eigenvalue weighted by Gasteiger charge is 2.48. The topological polar surface area (TPSA) is 70.1 Å². The van der Waals surface area contributed by atoms with Crippen LogP contribution in [0.25, 0.3) is 0 Å². The number of carboxylic acids is 1. The molecule has 0 radical (unpaired) electrons. The van der Waals surface area contributed by atoms with Gasteiger partial charge in [-0.05, 0) is 53.6 Å². The van der Waals surface area contributed by atoms with Crippen LogP contribution >= 0.6 is 0 Å². The monoisotopic (exact) mass is 524 g/mol. The standard InChI is InChI=1S/C31H41FN2O4/c1-4-7-14-33(15-8-5-2)28(35)20-34-19-25(22-11-12-27-23(17-22)13-16-38-27)29(31(36)37)30(34)24-10-9-21(6-3)26(32)18-24/h9-12,17-18,25,29-30H,4-8,13-16,19-20H2,1-3H3,(H,36,37)/t25-,29-,30+/m1/s1. The Kier molecular flexibility index (Phi) is 9.42. The Bertz CT molecular complexity index is 1130. The van der Waals surface area contributed by atoms with Crippen molar-refractivity contribution in [1.82, 2.24) is 9.80 Å². The minimum absolute atomic E-state index is 0.00897. The van der Waals surface area contributed by atoms with Crippen molar-refractivity contribution in [2.24, 2.45) is 5.92 Å². The van der Waals surface area contributed by atoms with Gasteiger partial charge < -0.3 is 14.7 Å². The molecule has 6 nitrogen and oxygen atoms in total. The van der Waals surface area contributed by atoms with Gasteiger partial charge in [-0.25, -0.2) is 4.39 Å². The molecule has 0 aromatic heterocycles. The molecule has 206 valence electrons. The third kappa shape index (κ3) is 6.04. The number of hydrogen-bond acceptors (Lipinski definition) is 4. The highest BCUT2D eigenvalue weighted by atomic mass is 19.1. The molecule has 0 spiro atoms. The number of carboxylic acid groups (broad SMARTS) is 1. The second kappa shape index (κ2) is 12.7. The van der Waals surface area contributed by atoms with E-state index in [-0.39, 0.29) is 24.2 Å². The largest absolute Gasteiger partial charge is 0.493 e. The summed E-state index contributed by atoms with van der Waals surface area (Å²) in [6.45, 7) is 8.67. The predicted octanol–water partition coefficient (Wildman–Crippen LogP) is 5.59. The SMILES string of the molecule is CCCCN(CCCC)C(=O)CN1C[C@H](c2ccc3c(c2)CCO3)[C@@H](C(=O)O)[C@@H]1c1ccc(CC)c(F)c1. The molecule has 2 aliphatic heterocycles. The molecule has 0 bridgehead atoms. The van der Waals surface area contributed by atoms with Gasteiger partial charge in [0.1, 0.15) is 11.6 Å². The average Bonchev–Trinajstić information content (AvgIpc) is 3.53. The molecule has 3 atom stereocenters. The van der Waals surface area contributed by atoms with Gasteiger partial charge in [0.15, 0.2) is 0 Å². The zero-order chi connectivity index (χ0) is 27.2. The molecular formula is C31H41FN2O4. The predicted molar refractivity (Wildman–Crippen MR) is 146 cm³/mol. The van der Waals surface area contributed by atoms with Crippen molar-refractivity contribution in [2.45, 2.75) is 71.3 Å². The first-order chi connectivity index (χ1) is 18.4. The van der Waals surface area contributed by atoms with E-state index < -0.39 is 17.9 Å². The Balaban J connectivity index is 1.70. The number of carbonyl (C=O) groups is 2. The molecule has 0 unspecified atom stereocenters. The summed E-state index contributed by atoms with van der Waals surface area (Å²) in [5, 5.41) is 10.5. The van der Waals surface area contributed by atoms with E-state index >= 15 is 0 Å². The molecule has 4 rings (SSSR count). The third-order valence-electron chi connectivity index (χ3n) is 8.08. The van der Waals surface area contributed by atoms with Gasteiger partial charge in [-0.1, -0.05) is 57.9 Å². The first-order valence-electron chi connectivity index (χ1n) is 14.2. The molecule has 1 fully saturated rings. The van der Waals surface area contributed by atoms with Gasteiger partial charge in [0.2, 0.25) is 5.91 Å². The maximum Gasteiger partial charge on any atom is 0.309 e. The number of unbranched alkanes of at least 4 members (excludes halogenated alkanes) is 2. The fourth-order valence-corrected chi connectivity index (χ4v) is 5.93. The number of rotatable bonds is 12. The summed E-state index contributed by atoms with van der Waals surface area (Å²) in [6, 6.07) is 10.4. The molecule has 2 aromatic carbocycles. The van der Waals surface area contributed by atoms with E-state index in [0.717, 1.165) is 49.0 Å². The molecule has 1 saturated heterocycles. The van der Waals surface area contributed by atoms with Crippen LogP contribution in [0.4, 0.5) is 4.39 Å². The van der Waals surface area contributed by atoms with Crippen LogP contribution < -0.4 is 4.74 Å². The number of hydrogen-bond donors (Lipinski definition) is 1. The zero-order valence-corrected chi connectivity index (χ0v) is 22.9. The van der Waals surface area contributed by atoms with Gasteiger partial charge in [-0.15, -0.1) is 0 Å². The number of nitrogens with zero attached hydrogens (tertiary/aromatic N) is 2. The molecule has 1 amide bonds. The summed E-state index contributed by atoms with van der Waals surface area (Å²) in [7, 11) is 0. The van der Waals surface area contributed by atoms with Crippen LogP contribution in [0.2, 0.25) is 0 Å². The van der Waals surface area contributed by atoms with E-state index in [1.165, 1.54) is 6.07 Å². The zero-order valence-electron chi connectivity index (χ0n) is 22.9. The maximum atomic E-state index is 14.9. The number of aliphatic carboxylic acids is 1. The van der Waals surface area contributed by atoms with Gasteiger partial charge in [-0.2, -0.15) is 0 Å². The van der Waals surface area contributed by atoms with E-state index in [9.17, 15) is 19.1 Å². The molecule has 7 heteroatoms. The third-order valence-corrected chi connectivity index (χ3v) is 8.08. The lowest BCUT2D eigenvalue weighted by atomic mass is 9.82. The molecular weight excluding hydrogens is 483 g/mol. The van der Waals surface area contributed by atoms with Crippen LogP contribution in [-0.4, -0.2) is 59.6 Å². The molecule has 1 N–H and O–H groups in total. The fraction of sp³-hybridized carbons (Fsp3) is 0.548. The van der Waals surface area contributed by atoms with Gasteiger partial charge in [0.25, 0.3) is 0 Å². The lowest BCUT2D eigenvalue weighted by Gasteiger charge is -2.30. The first kappa shape index (κ1) is 28.1. The number of amides is 1. The van der Waals surface area contributed by atoms with Gasteiger partial charge in [0.05, 0.1) is 19.1 Å². The van der Waals surface area contributed by atoms with E-state index in [2.05, 4.69) is 19.9 Å². The van der Waals surface area contributed by atoms with Crippen molar-refractivity contribution < 1.29 is 23.8 Å². The van der Waals surface area contributed by atoms with E-state index in [0.29, 0.717) is 43.8 Å². The average molecular weight is 525 g/mol. The second-order valence-electron chi connectivity index (χ2n) is 10.6. The number of ether oxygens (including phenoxy) is 1. The number of carbonyl (C=O) groups excluding carboxylic acids is 1. The molecule has 2 aromatic rings. The van der Waals surface area contributed by atoms with Crippen molar-refractivity contribution in [1.29, 1.82) is 0 Å². The van der Waals surface area contributed by atoms with Crippen molar-refractivity contribution >= 4 is 11.9 Å². The summed E-state index contributed by atoms with van der Waals surface area (Å²) >= 11 is 0. The van der Waals surface area contributed by atoms with Crippen molar-refractivity contribution in [3.8, 4) is 5.75 Å². The van der Waals surface area contributed by atoms with Crippen molar-refractivity contribution in [3.05, 3.63) is 64.5 Å². The van der Waals surface area contributed by atoms with Crippen LogP contribution in [-0.2, 0) is 22.4 Å². The minimum atomic E-state index is -0.930. The molecule has 0 aliphatic carbocycles. The van der Waals surface area contributed by atoms with Gasteiger partial charge in [-0.3, -0.25) is 14.5 Å². The number of halogens is 1.